The maximum Gasteiger partial charge on any atom is 0.411 e. The van der Waals surface area contributed by atoms with E-state index in [0.717, 1.165) is 5.56 Å². The Labute approximate surface area is 188 Å². The molecule has 0 aliphatic carbocycles. The van der Waals surface area contributed by atoms with E-state index < -0.39 is 17.7 Å². The Hall–Kier alpha value is -0.940. The molecule has 1 fully saturated rings. The van der Waals surface area contributed by atoms with Gasteiger partial charge in [-0.2, -0.15) is 0 Å². The van der Waals surface area contributed by atoms with Gasteiger partial charge in [0.15, 0.2) is 0 Å². The van der Waals surface area contributed by atoms with Crippen molar-refractivity contribution in [2.75, 3.05) is 19.4 Å². The highest BCUT2D eigenvalue weighted by atomic mass is 127. The molecular weight excluding hydrogens is 539 g/mol. The van der Waals surface area contributed by atoms with Crippen molar-refractivity contribution in [3.05, 3.63) is 22.3 Å². The standard InChI is InChI=1S/C19H28BrIN4O3/c1-11-9-13(25(15(11)21)18(27)28-19(2,3)4)17(26)23-16-12(10-24(5)6)7-8-14(20)22-16/h7-8,11,13,15H,9-10H2,1-6H3,(H,22,23,26)/t11-,13-,15-/m0/s1. The van der Waals surface area contributed by atoms with Gasteiger partial charge in [-0.3, -0.25) is 9.69 Å². The normalized spacial score (nSPS) is 22.5. The van der Waals surface area contributed by atoms with Gasteiger partial charge in [-0.25, -0.2) is 9.78 Å². The molecule has 3 atom stereocenters. The minimum atomic E-state index is -0.620. The Balaban J connectivity index is 2.24. The highest BCUT2D eigenvalue weighted by Gasteiger charge is 2.45. The molecule has 0 saturated carbocycles. The van der Waals surface area contributed by atoms with E-state index in [4.69, 9.17) is 4.74 Å². The first-order valence-electron chi connectivity index (χ1n) is 9.15. The summed E-state index contributed by atoms with van der Waals surface area (Å²) in [6.45, 7) is 8.14. The lowest BCUT2D eigenvalue weighted by Gasteiger charge is -2.30. The van der Waals surface area contributed by atoms with Crippen LogP contribution in [0.3, 0.4) is 0 Å². The molecule has 1 saturated heterocycles. The second-order valence-electron chi connectivity index (χ2n) is 8.36. The van der Waals surface area contributed by atoms with E-state index in [1.54, 1.807) is 4.90 Å². The number of anilines is 1. The maximum absolute atomic E-state index is 13.1. The van der Waals surface area contributed by atoms with Crippen molar-refractivity contribution in [3.8, 4) is 0 Å². The van der Waals surface area contributed by atoms with Crippen LogP contribution in [0.4, 0.5) is 10.6 Å². The molecule has 1 aliphatic heterocycles. The van der Waals surface area contributed by atoms with Crippen molar-refractivity contribution in [3.63, 3.8) is 0 Å². The number of alkyl halides is 1. The number of carbonyl (C=O) groups is 2. The number of carbonyl (C=O) groups excluding carboxylic acids is 2. The van der Waals surface area contributed by atoms with E-state index in [9.17, 15) is 9.59 Å². The van der Waals surface area contributed by atoms with Crippen LogP contribution in [0.25, 0.3) is 0 Å². The number of ether oxygens (including phenoxy) is 1. The third-order valence-electron chi connectivity index (χ3n) is 4.25. The zero-order valence-corrected chi connectivity index (χ0v) is 20.9. The van der Waals surface area contributed by atoms with E-state index in [0.29, 0.717) is 23.4 Å². The number of hydrogen-bond acceptors (Lipinski definition) is 5. The van der Waals surface area contributed by atoms with Crippen LogP contribution in [-0.4, -0.2) is 56.6 Å². The first-order chi connectivity index (χ1) is 12.9. The van der Waals surface area contributed by atoms with E-state index in [-0.39, 0.29) is 15.9 Å². The average Bonchev–Trinajstić information content (AvgIpc) is 2.83. The third kappa shape index (κ3) is 6.03. The van der Waals surface area contributed by atoms with Gasteiger partial charge >= 0.3 is 6.09 Å². The van der Waals surface area contributed by atoms with Crippen LogP contribution in [0.1, 0.15) is 39.7 Å². The number of nitrogens with zero attached hydrogens (tertiary/aromatic N) is 3. The van der Waals surface area contributed by atoms with Crippen molar-refractivity contribution in [2.45, 2.75) is 56.4 Å². The lowest BCUT2D eigenvalue weighted by Crippen LogP contribution is -2.47. The van der Waals surface area contributed by atoms with Gasteiger partial charge in [0.1, 0.15) is 22.1 Å². The second kappa shape index (κ2) is 9.25. The highest BCUT2D eigenvalue weighted by Crippen LogP contribution is 2.35. The monoisotopic (exact) mass is 566 g/mol. The minimum absolute atomic E-state index is 0.111. The van der Waals surface area contributed by atoms with Crippen LogP contribution >= 0.6 is 38.5 Å². The smallest absolute Gasteiger partial charge is 0.411 e. The minimum Gasteiger partial charge on any atom is -0.444 e. The number of halogens is 2. The Bertz CT molecular complexity index is 738. The largest absolute Gasteiger partial charge is 0.444 e. The van der Waals surface area contributed by atoms with Crippen LogP contribution < -0.4 is 5.32 Å². The maximum atomic E-state index is 13.1. The Morgan fingerprint density at radius 3 is 2.61 bits per heavy atom. The quantitative estimate of drug-likeness (QED) is 0.255. The predicted molar refractivity (Wildman–Crippen MR) is 121 cm³/mol. The number of aromatic nitrogens is 1. The topological polar surface area (TPSA) is 74.8 Å². The molecule has 2 amide bonds. The number of pyridine rings is 1. The summed E-state index contributed by atoms with van der Waals surface area (Å²) in [6.07, 6.45) is 0.113. The molecule has 0 radical (unpaired) electrons. The Morgan fingerprint density at radius 2 is 2.04 bits per heavy atom. The number of nitrogens with one attached hydrogen (secondary N) is 1. The fourth-order valence-electron chi connectivity index (χ4n) is 3.04. The van der Waals surface area contributed by atoms with Crippen LogP contribution in [0.5, 0.6) is 0 Å². The molecule has 1 aliphatic rings. The van der Waals surface area contributed by atoms with E-state index in [1.165, 1.54) is 0 Å². The van der Waals surface area contributed by atoms with Crippen molar-refractivity contribution in [2.24, 2.45) is 5.92 Å². The van der Waals surface area contributed by atoms with Crippen molar-refractivity contribution in [1.82, 2.24) is 14.8 Å². The molecular formula is C19H28BrIN4O3. The van der Waals surface area contributed by atoms with E-state index >= 15 is 0 Å². The summed E-state index contributed by atoms with van der Waals surface area (Å²) in [5.41, 5.74) is 0.285. The van der Waals surface area contributed by atoms with Gasteiger partial charge in [-0.05, 0) is 69.2 Å². The lowest BCUT2D eigenvalue weighted by molar-refractivity contribution is -0.120. The van der Waals surface area contributed by atoms with Gasteiger partial charge in [0.05, 0.1) is 4.05 Å². The van der Waals surface area contributed by atoms with Gasteiger partial charge in [-0.1, -0.05) is 35.6 Å². The Kier molecular flexibility index (Phi) is 7.71. The molecule has 0 spiro atoms. The number of hydrogen-bond donors (Lipinski definition) is 1. The fourth-order valence-corrected chi connectivity index (χ4v) is 4.26. The first kappa shape index (κ1) is 23.3. The second-order valence-corrected chi connectivity index (χ2v) is 10.4. The molecule has 0 unspecified atom stereocenters. The van der Waals surface area contributed by atoms with Gasteiger partial charge in [0, 0.05) is 12.1 Å². The molecule has 2 rings (SSSR count). The first-order valence-corrected chi connectivity index (χ1v) is 11.2. The van der Waals surface area contributed by atoms with Gasteiger partial charge in [-0.15, -0.1) is 0 Å². The third-order valence-corrected chi connectivity index (χ3v) is 6.52. The fraction of sp³-hybridized carbons (Fsp3) is 0.632. The van der Waals surface area contributed by atoms with Crippen LogP contribution in [0.15, 0.2) is 16.7 Å². The highest BCUT2D eigenvalue weighted by molar-refractivity contribution is 14.1. The molecule has 7 nitrogen and oxygen atoms in total. The zero-order chi connectivity index (χ0) is 21.2. The van der Waals surface area contributed by atoms with Crippen LogP contribution in [0, 0.1) is 5.92 Å². The van der Waals surface area contributed by atoms with Crippen molar-refractivity contribution in [1.29, 1.82) is 0 Å². The van der Waals surface area contributed by atoms with E-state index in [1.807, 2.05) is 58.8 Å². The molecule has 2 heterocycles. The molecule has 9 heteroatoms. The predicted octanol–water partition coefficient (Wildman–Crippen LogP) is 4.25. The summed E-state index contributed by atoms with van der Waals surface area (Å²) >= 11 is 5.57. The molecule has 1 aromatic heterocycles. The lowest BCUT2D eigenvalue weighted by atomic mass is 10.1. The Morgan fingerprint density at radius 1 is 1.39 bits per heavy atom. The van der Waals surface area contributed by atoms with Crippen molar-refractivity contribution < 1.29 is 14.3 Å². The summed E-state index contributed by atoms with van der Waals surface area (Å²) in [7, 11) is 3.91. The summed E-state index contributed by atoms with van der Waals surface area (Å²) in [6, 6.07) is 3.18. The summed E-state index contributed by atoms with van der Waals surface area (Å²) in [4.78, 5) is 33.8. The number of likely N-dealkylation sites (tertiary alicyclic amines) is 1. The van der Waals surface area contributed by atoms with Crippen LogP contribution in [0.2, 0.25) is 0 Å². The number of amides is 2. The average molecular weight is 567 g/mol. The van der Waals surface area contributed by atoms with Gasteiger partial charge in [0.25, 0.3) is 0 Å². The summed E-state index contributed by atoms with van der Waals surface area (Å²) in [5.74, 6) is 0.435. The number of rotatable bonds is 4. The van der Waals surface area contributed by atoms with Gasteiger partial charge < -0.3 is 15.0 Å². The van der Waals surface area contributed by atoms with E-state index in [2.05, 4.69) is 48.8 Å². The molecule has 0 bridgehead atoms. The summed E-state index contributed by atoms with van der Waals surface area (Å²) in [5, 5.41) is 2.93. The van der Waals surface area contributed by atoms with Crippen LogP contribution in [-0.2, 0) is 16.1 Å². The van der Waals surface area contributed by atoms with Crippen molar-refractivity contribution >= 4 is 56.3 Å². The molecule has 1 N–H and O–H groups in total. The zero-order valence-electron chi connectivity index (χ0n) is 17.1. The van der Waals surface area contributed by atoms with Gasteiger partial charge in [0.2, 0.25) is 5.91 Å². The molecule has 1 aromatic rings. The molecule has 28 heavy (non-hydrogen) atoms. The SMILES string of the molecule is C[C@H]1C[C@@H](C(=O)Nc2nc(Br)ccc2CN(C)C)N(C(=O)OC(C)(C)C)[C@@H]1I. The molecule has 0 aromatic carbocycles. The molecule has 156 valence electrons. The summed E-state index contributed by atoms with van der Waals surface area (Å²) < 4.78 is 6.07.